The molecule has 0 spiro atoms. The number of rotatable bonds is 2. The number of ether oxygens (including phenoxy) is 1. The van der Waals surface area contributed by atoms with Crippen molar-refractivity contribution in [3.8, 4) is 0 Å². The van der Waals surface area contributed by atoms with E-state index in [1.165, 1.54) is 0 Å². The first kappa shape index (κ1) is 6.94. The van der Waals surface area contributed by atoms with E-state index in [1.54, 1.807) is 12.3 Å². The second kappa shape index (κ2) is 4.11. The molecular weight excluding hydrogens is 108 g/mol. The zero-order valence-electron chi connectivity index (χ0n) is 4.47. The monoisotopic (exact) mass is 114 g/mol. The van der Waals surface area contributed by atoms with Crippen molar-refractivity contribution in [2.75, 3.05) is 6.61 Å². The summed E-state index contributed by atoms with van der Waals surface area (Å²) in [5.41, 5.74) is 1.78. The summed E-state index contributed by atoms with van der Waals surface area (Å²) in [5.74, 6) is 0. The molecule has 0 aromatic carbocycles. The van der Waals surface area contributed by atoms with E-state index in [9.17, 15) is 4.79 Å². The van der Waals surface area contributed by atoms with E-state index in [-0.39, 0.29) is 0 Å². The van der Waals surface area contributed by atoms with E-state index in [1.807, 2.05) is 0 Å². The number of carbonyl (C=O) groups excluding carboxylic acids is 1. The van der Waals surface area contributed by atoms with E-state index < -0.39 is 6.09 Å². The van der Waals surface area contributed by atoms with Crippen LogP contribution in [-0.2, 0) is 4.74 Å². The van der Waals surface area contributed by atoms with Gasteiger partial charge in [0, 0.05) is 0 Å². The molecule has 44 valence electrons. The van der Waals surface area contributed by atoms with Crippen LogP contribution in [0.3, 0.4) is 0 Å². The number of hydrazone groups is 1. The lowest BCUT2D eigenvalue weighted by Crippen LogP contribution is -2.17. The highest BCUT2D eigenvalue weighted by Gasteiger charge is 1.92. The van der Waals surface area contributed by atoms with Gasteiger partial charge >= 0.3 is 6.09 Å². The molecule has 4 nitrogen and oxygen atoms in total. The molecule has 0 heterocycles. The fourth-order valence-electron chi connectivity index (χ4n) is 0.209. The quantitative estimate of drug-likeness (QED) is 0.409. The summed E-state index contributed by atoms with van der Waals surface area (Å²) in [6, 6.07) is 0. The van der Waals surface area contributed by atoms with E-state index in [0.717, 1.165) is 0 Å². The SMILES string of the molecule is [C]=NNC(=O)OCC. The largest absolute Gasteiger partial charge is 0.449 e. The minimum absolute atomic E-state index is 0.293. The first-order chi connectivity index (χ1) is 3.81. The molecule has 0 aliphatic rings. The molecule has 2 radical (unpaired) electrons. The third-order valence-electron chi connectivity index (χ3n) is 0.423. The highest BCUT2D eigenvalue weighted by molar-refractivity contribution is 5.67. The van der Waals surface area contributed by atoms with Crippen LogP contribution in [0.15, 0.2) is 5.10 Å². The smallest absolute Gasteiger partial charge is 0.427 e. The van der Waals surface area contributed by atoms with Crippen molar-refractivity contribution in [1.29, 1.82) is 0 Å². The Morgan fingerprint density at radius 2 is 2.62 bits per heavy atom. The Bertz CT molecular complexity index is 92.0. The van der Waals surface area contributed by atoms with Crippen molar-refractivity contribution in [3.63, 3.8) is 0 Å². The van der Waals surface area contributed by atoms with Crippen molar-refractivity contribution in [2.24, 2.45) is 5.10 Å². The Morgan fingerprint density at radius 3 is 3.00 bits per heavy atom. The maximum absolute atomic E-state index is 10.1. The van der Waals surface area contributed by atoms with Crippen LogP contribution >= 0.6 is 0 Å². The first-order valence-corrected chi connectivity index (χ1v) is 2.10. The summed E-state index contributed by atoms with van der Waals surface area (Å²) in [7, 11) is 0. The van der Waals surface area contributed by atoms with Gasteiger partial charge in [-0.25, -0.2) is 10.2 Å². The van der Waals surface area contributed by atoms with Crippen LogP contribution < -0.4 is 5.43 Å². The number of nitrogens with one attached hydrogen (secondary N) is 1. The average Bonchev–Trinajstić information content (AvgIpc) is 1.68. The molecule has 1 amide bonds. The summed E-state index contributed by atoms with van der Waals surface area (Å²) in [6.45, 7) is 8.09. The lowest BCUT2D eigenvalue weighted by molar-refractivity contribution is 0.153. The fourth-order valence-corrected chi connectivity index (χ4v) is 0.209. The minimum atomic E-state index is -0.692. The molecule has 1 N–H and O–H groups in total. The van der Waals surface area contributed by atoms with Crippen LogP contribution in [0.1, 0.15) is 6.92 Å². The van der Waals surface area contributed by atoms with Crippen LogP contribution in [0.2, 0.25) is 0 Å². The normalized spacial score (nSPS) is 7.62. The predicted octanol–water partition coefficient (Wildman–Crippen LogP) is 0.102. The van der Waals surface area contributed by atoms with Gasteiger partial charge in [0.1, 0.15) is 6.72 Å². The lowest BCUT2D eigenvalue weighted by Gasteiger charge is -1.95. The second-order valence-electron chi connectivity index (χ2n) is 0.944. The summed E-state index contributed by atoms with van der Waals surface area (Å²) in [4.78, 5) is 10.1. The molecule has 0 atom stereocenters. The lowest BCUT2D eigenvalue weighted by atomic mass is 10.9. The number of hydrogen-bond acceptors (Lipinski definition) is 3. The predicted molar refractivity (Wildman–Crippen MR) is 27.6 cm³/mol. The Balaban J connectivity index is 3.18. The fraction of sp³-hybridized carbons (Fsp3) is 0.500. The second-order valence-corrected chi connectivity index (χ2v) is 0.944. The zero-order chi connectivity index (χ0) is 6.41. The highest BCUT2D eigenvalue weighted by Crippen LogP contribution is 1.72. The van der Waals surface area contributed by atoms with Gasteiger partial charge in [0.2, 0.25) is 0 Å². The summed E-state index contributed by atoms with van der Waals surface area (Å²) in [6.07, 6.45) is -0.692. The molecule has 0 unspecified atom stereocenters. The summed E-state index contributed by atoms with van der Waals surface area (Å²) in [5, 5.41) is 2.58. The molecular formula is C4H6N2O2. The van der Waals surface area contributed by atoms with E-state index in [2.05, 4.69) is 9.84 Å². The molecule has 0 rings (SSSR count). The molecule has 0 saturated carbocycles. The van der Waals surface area contributed by atoms with Gasteiger partial charge in [-0.1, -0.05) is 0 Å². The van der Waals surface area contributed by atoms with Gasteiger partial charge in [-0.15, -0.1) is 0 Å². The standard InChI is InChI=1S/C4H6N2O2/c1-3-8-4(7)6-5-2/h3H2,1H3,(H,6,7). The van der Waals surface area contributed by atoms with Crippen molar-refractivity contribution in [3.05, 3.63) is 0 Å². The van der Waals surface area contributed by atoms with E-state index in [0.29, 0.717) is 6.61 Å². The number of hydrogen-bond donors (Lipinski definition) is 1. The maximum Gasteiger partial charge on any atom is 0.427 e. The first-order valence-electron chi connectivity index (χ1n) is 2.10. The van der Waals surface area contributed by atoms with Crippen molar-refractivity contribution >= 4 is 12.8 Å². The molecule has 8 heavy (non-hydrogen) atoms. The highest BCUT2D eigenvalue weighted by atomic mass is 16.5. The van der Waals surface area contributed by atoms with Crippen LogP contribution in [0.25, 0.3) is 0 Å². The third kappa shape index (κ3) is 3.14. The Hall–Kier alpha value is -1.06. The maximum atomic E-state index is 10.1. The van der Waals surface area contributed by atoms with E-state index in [4.69, 9.17) is 6.72 Å². The van der Waals surface area contributed by atoms with E-state index >= 15 is 0 Å². The Morgan fingerprint density at radius 1 is 2.00 bits per heavy atom. The Kier molecular flexibility index (Phi) is 3.56. The molecule has 4 heteroatoms. The van der Waals surface area contributed by atoms with Crippen LogP contribution in [0, 0.1) is 0 Å². The molecule has 0 fully saturated rings. The van der Waals surface area contributed by atoms with Crippen molar-refractivity contribution in [1.82, 2.24) is 5.43 Å². The molecule has 0 saturated heterocycles. The molecule has 0 aliphatic carbocycles. The van der Waals surface area contributed by atoms with Crippen molar-refractivity contribution in [2.45, 2.75) is 6.92 Å². The number of amides is 1. The average molecular weight is 114 g/mol. The summed E-state index contributed by atoms with van der Waals surface area (Å²) >= 11 is 0. The van der Waals surface area contributed by atoms with Gasteiger partial charge in [0.25, 0.3) is 0 Å². The van der Waals surface area contributed by atoms with Gasteiger partial charge in [-0.3, -0.25) is 0 Å². The molecule has 0 aromatic rings. The van der Waals surface area contributed by atoms with Crippen LogP contribution in [0.4, 0.5) is 4.79 Å². The molecule has 0 bridgehead atoms. The number of carbonyl (C=O) groups is 1. The van der Waals surface area contributed by atoms with Gasteiger partial charge in [-0.2, -0.15) is 5.10 Å². The van der Waals surface area contributed by atoms with Crippen LogP contribution in [-0.4, -0.2) is 19.4 Å². The molecule has 0 aliphatic heterocycles. The van der Waals surface area contributed by atoms with Crippen LogP contribution in [0.5, 0.6) is 0 Å². The topological polar surface area (TPSA) is 50.7 Å². The Labute approximate surface area is 47.5 Å². The van der Waals surface area contributed by atoms with Gasteiger partial charge in [-0.05, 0) is 6.92 Å². The third-order valence-corrected chi connectivity index (χ3v) is 0.423. The number of nitrogens with zero attached hydrogens (tertiary/aromatic N) is 1. The van der Waals surface area contributed by atoms with Gasteiger partial charge < -0.3 is 4.74 Å². The van der Waals surface area contributed by atoms with Gasteiger partial charge in [0.15, 0.2) is 0 Å². The summed E-state index contributed by atoms with van der Waals surface area (Å²) < 4.78 is 4.32. The zero-order valence-corrected chi connectivity index (χ0v) is 4.47. The minimum Gasteiger partial charge on any atom is -0.449 e. The van der Waals surface area contributed by atoms with Crippen molar-refractivity contribution < 1.29 is 9.53 Å². The molecule has 0 aromatic heterocycles. The van der Waals surface area contributed by atoms with Gasteiger partial charge in [0.05, 0.1) is 6.61 Å².